The molecule has 10 nitrogen and oxygen atoms in total. The number of pyridine rings is 2. The summed E-state index contributed by atoms with van der Waals surface area (Å²) in [5.41, 5.74) is 3.33. The molecule has 0 unspecified atom stereocenters. The van der Waals surface area contributed by atoms with Gasteiger partial charge in [0.25, 0.3) is 5.89 Å². The Morgan fingerprint density at radius 1 is 1.19 bits per heavy atom. The van der Waals surface area contributed by atoms with Crippen molar-refractivity contribution < 1.29 is 13.6 Å². The first-order chi connectivity index (χ1) is 15.7. The van der Waals surface area contributed by atoms with E-state index in [9.17, 15) is 9.18 Å². The van der Waals surface area contributed by atoms with Crippen LogP contribution in [0, 0.1) is 5.82 Å². The van der Waals surface area contributed by atoms with E-state index in [0.717, 1.165) is 5.69 Å². The van der Waals surface area contributed by atoms with Gasteiger partial charge in [0.15, 0.2) is 0 Å². The second-order valence-electron chi connectivity index (χ2n) is 7.33. The summed E-state index contributed by atoms with van der Waals surface area (Å²) < 4.78 is 20.7. The van der Waals surface area contributed by atoms with Gasteiger partial charge in [-0.2, -0.15) is 5.10 Å². The lowest BCUT2D eigenvalue weighted by molar-refractivity contribution is 0.0646. The van der Waals surface area contributed by atoms with Crippen LogP contribution in [0.5, 0.6) is 0 Å². The molecule has 0 spiro atoms. The molecule has 0 saturated carbocycles. The minimum absolute atomic E-state index is 0.149. The van der Waals surface area contributed by atoms with Crippen LogP contribution in [0.3, 0.4) is 0 Å². The maximum atomic E-state index is 13.7. The summed E-state index contributed by atoms with van der Waals surface area (Å²) in [6.45, 7) is 0.391. The summed E-state index contributed by atoms with van der Waals surface area (Å²) in [7, 11) is 0. The molecule has 0 aliphatic carbocycles. The lowest BCUT2D eigenvalue weighted by Gasteiger charge is -2.32. The van der Waals surface area contributed by atoms with E-state index in [-0.39, 0.29) is 11.8 Å². The van der Waals surface area contributed by atoms with Crippen LogP contribution in [-0.2, 0) is 6.42 Å². The van der Waals surface area contributed by atoms with Crippen molar-refractivity contribution >= 4 is 11.4 Å². The van der Waals surface area contributed by atoms with Crippen molar-refractivity contribution in [2.75, 3.05) is 6.54 Å². The normalized spacial score (nSPS) is 15.8. The number of hydrogen-bond donors (Lipinski definition) is 1. The SMILES string of the molecule is O=C(c1nnc(-c2ccccn2)o1)N1CCc2[nH]cnc2[C@@H]1c1cc2ccc(F)cn2n1. The molecule has 1 atom stereocenters. The number of imidazole rings is 1. The number of carbonyl (C=O) groups is 1. The number of nitrogens with one attached hydrogen (secondary N) is 1. The first-order valence-corrected chi connectivity index (χ1v) is 9.90. The highest BCUT2D eigenvalue weighted by atomic mass is 19.1. The van der Waals surface area contributed by atoms with Crippen molar-refractivity contribution in [3.63, 3.8) is 0 Å². The minimum atomic E-state index is -0.592. The molecule has 5 aromatic heterocycles. The van der Waals surface area contributed by atoms with E-state index in [4.69, 9.17) is 4.42 Å². The molecule has 6 rings (SSSR count). The zero-order valence-electron chi connectivity index (χ0n) is 16.5. The number of rotatable bonds is 3. The molecule has 1 amide bonds. The summed E-state index contributed by atoms with van der Waals surface area (Å²) in [6.07, 6.45) is 5.07. The first kappa shape index (κ1) is 18.4. The highest BCUT2D eigenvalue weighted by molar-refractivity contribution is 5.90. The number of hydrogen-bond acceptors (Lipinski definition) is 7. The largest absolute Gasteiger partial charge is 0.411 e. The average molecular weight is 430 g/mol. The molecule has 5 aromatic rings. The Bertz CT molecular complexity index is 1440. The number of aromatic nitrogens is 7. The molecule has 1 N–H and O–H groups in total. The number of nitrogens with zero attached hydrogens (tertiary/aromatic N) is 7. The third kappa shape index (κ3) is 2.94. The van der Waals surface area contributed by atoms with Crippen LogP contribution in [0.15, 0.2) is 59.5 Å². The third-order valence-corrected chi connectivity index (χ3v) is 5.40. The Kier molecular flexibility index (Phi) is 4.06. The van der Waals surface area contributed by atoms with Crippen LogP contribution < -0.4 is 0 Å². The van der Waals surface area contributed by atoms with Crippen molar-refractivity contribution in [3.8, 4) is 11.6 Å². The maximum absolute atomic E-state index is 13.7. The van der Waals surface area contributed by atoms with Crippen molar-refractivity contribution in [1.82, 2.24) is 39.7 Å². The molecular weight excluding hydrogens is 415 g/mol. The predicted molar refractivity (Wildman–Crippen MR) is 108 cm³/mol. The van der Waals surface area contributed by atoms with Gasteiger partial charge in [0.1, 0.15) is 17.6 Å². The van der Waals surface area contributed by atoms with Crippen LogP contribution in [0.2, 0.25) is 0 Å². The molecule has 1 aliphatic heterocycles. The quantitative estimate of drug-likeness (QED) is 0.467. The zero-order chi connectivity index (χ0) is 21.7. The van der Waals surface area contributed by atoms with Crippen LogP contribution in [0.1, 0.15) is 33.8 Å². The van der Waals surface area contributed by atoms with Gasteiger partial charge < -0.3 is 14.3 Å². The number of aromatic amines is 1. The molecule has 11 heteroatoms. The highest BCUT2D eigenvalue weighted by Gasteiger charge is 2.38. The number of carbonyl (C=O) groups excluding carboxylic acids is 1. The van der Waals surface area contributed by atoms with Gasteiger partial charge in [0, 0.05) is 24.9 Å². The van der Waals surface area contributed by atoms with Gasteiger partial charge in [-0.05, 0) is 30.3 Å². The zero-order valence-corrected chi connectivity index (χ0v) is 16.5. The van der Waals surface area contributed by atoms with Crippen molar-refractivity contribution in [2.45, 2.75) is 12.5 Å². The maximum Gasteiger partial charge on any atom is 0.312 e. The lowest BCUT2D eigenvalue weighted by atomic mass is 9.99. The van der Waals surface area contributed by atoms with Gasteiger partial charge in [-0.3, -0.25) is 9.78 Å². The van der Waals surface area contributed by atoms with Gasteiger partial charge in [-0.25, -0.2) is 13.9 Å². The van der Waals surface area contributed by atoms with Crippen LogP contribution in [0.4, 0.5) is 4.39 Å². The fourth-order valence-corrected chi connectivity index (χ4v) is 3.94. The molecule has 1 aliphatic rings. The molecule has 0 aromatic carbocycles. The Morgan fingerprint density at radius 3 is 3.00 bits per heavy atom. The molecule has 0 saturated heterocycles. The second kappa shape index (κ2) is 7.08. The van der Waals surface area contributed by atoms with E-state index >= 15 is 0 Å². The smallest absolute Gasteiger partial charge is 0.312 e. The first-order valence-electron chi connectivity index (χ1n) is 9.90. The van der Waals surface area contributed by atoms with Gasteiger partial charge in [-0.15, -0.1) is 10.2 Å². The Labute approximate surface area is 179 Å². The van der Waals surface area contributed by atoms with Gasteiger partial charge in [0.05, 0.1) is 29.4 Å². The summed E-state index contributed by atoms with van der Waals surface area (Å²) in [6, 6.07) is 9.49. The van der Waals surface area contributed by atoms with Gasteiger partial charge >= 0.3 is 11.8 Å². The third-order valence-electron chi connectivity index (χ3n) is 5.40. The summed E-state index contributed by atoms with van der Waals surface area (Å²) in [4.78, 5) is 26.7. The van der Waals surface area contributed by atoms with Crippen LogP contribution in [0.25, 0.3) is 17.1 Å². The molecule has 0 radical (unpaired) electrons. The topological polar surface area (TPSA) is 118 Å². The summed E-state index contributed by atoms with van der Waals surface area (Å²) >= 11 is 0. The van der Waals surface area contributed by atoms with E-state index in [0.29, 0.717) is 35.6 Å². The van der Waals surface area contributed by atoms with E-state index in [1.165, 1.54) is 16.8 Å². The van der Waals surface area contributed by atoms with Crippen LogP contribution in [-0.4, -0.2) is 52.1 Å². The van der Waals surface area contributed by atoms with E-state index in [1.807, 2.05) is 0 Å². The molecule has 6 heterocycles. The van der Waals surface area contributed by atoms with E-state index in [2.05, 4.69) is 30.2 Å². The Balaban J connectivity index is 1.40. The fourth-order valence-electron chi connectivity index (χ4n) is 3.94. The monoisotopic (exact) mass is 430 g/mol. The average Bonchev–Trinajstić information content (AvgIpc) is 3.57. The second-order valence-corrected chi connectivity index (χ2v) is 7.33. The lowest BCUT2D eigenvalue weighted by Crippen LogP contribution is -2.41. The molecule has 158 valence electrons. The van der Waals surface area contributed by atoms with Crippen molar-refractivity contribution in [1.29, 1.82) is 0 Å². The van der Waals surface area contributed by atoms with Gasteiger partial charge in [0.2, 0.25) is 0 Å². The summed E-state index contributed by atoms with van der Waals surface area (Å²) in [5.74, 6) is -0.839. The molecular formula is C21H15FN8O2. The summed E-state index contributed by atoms with van der Waals surface area (Å²) in [5, 5.41) is 12.4. The predicted octanol–water partition coefficient (Wildman–Crippen LogP) is 2.43. The standard InChI is InChI=1S/C21H15FN8O2/c22-12-4-5-13-9-16(28-30(13)10-12)18-17-14(24-11-25-17)6-8-29(18)21(31)20-27-26-19(32-20)15-3-1-2-7-23-15/h1-5,7,9-11,18H,6,8H2,(H,24,25)/t18-/m0/s1. The van der Waals surface area contributed by atoms with Gasteiger partial charge in [-0.1, -0.05) is 6.07 Å². The molecule has 32 heavy (non-hydrogen) atoms. The minimum Gasteiger partial charge on any atom is -0.411 e. The van der Waals surface area contributed by atoms with E-state index < -0.39 is 17.8 Å². The van der Waals surface area contributed by atoms with Crippen LogP contribution >= 0.6 is 0 Å². The highest BCUT2D eigenvalue weighted by Crippen LogP contribution is 2.34. The number of H-pyrrole nitrogens is 1. The number of halogens is 1. The molecule has 0 fully saturated rings. The van der Waals surface area contributed by atoms with E-state index in [1.54, 1.807) is 47.8 Å². The Morgan fingerprint density at radius 2 is 2.12 bits per heavy atom. The number of amides is 1. The van der Waals surface area contributed by atoms with Crippen molar-refractivity contribution in [2.24, 2.45) is 0 Å². The molecule has 0 bridgehead atoms. The Hall–Kier alpha value is -4.41. The van der Waals surface area contributed by atoms with Crippen molar-refractivity contribution in [3.05, 3.63) is 83.9 Å². The number of fused-ring (bicyclic) bond motifs is 2. The fraction of sp³-hybridized carbons (Fsp3) is 0.143.